The Balaban J connectivity index is 2.78. The molecule has 1 aromatic rings. The van der Waals surface area contributed by atoms with E-state index in [-0.39, 0.29) is 0 Å². The van der Waals surface area contributed by atoms with Gasteiger partial charge in [0, 0.05) is 4.88 Å². The van der Waals surface area contributed by atoms with Gasteiger partial charge in [-0.25, -0.2) is 13.1 Å². The van der Waals surface area contributed by atoms with Gasteiger partial charge in [-0.1, -0.05) is 0 Å². The second-order valence-electron chi connectivity index (χ2n) is 2.78. The third kappa shape index (κ3) is 2.78. The van der Waals surface area contributed by atoms with Crippen LogP contribution in [0.15, 0.2) is 16.3 Å². The molecule has 0 atom stereocenters. The number of sulfonamides is 1. The summed E-state index contributed by atoms with van der Waals surface area (Å²) in [6, 6.07) is 3.49. The number of rotatable bonds is 5. The summed E-state index contributed by atoms with van der Waals surface area (Å²) in [4.78, 5) is 1.08. The topological polar surface area (TPSA) is 58.2 Å². The molecule has 0 aliphatic heterocycles. The fraction of sp³-hybridized carbons (Fsp3) is 0.500. The van der Waals surface area contributed by atoms with E-state index in [2.05, 4.69) is 10.0 Å². The van der Waals surface area contributed by atoms with Gasteiger partial charge < -0.3 is 5.32 Å². The van der Waals surface area contributed by atoms with Crippen molar-refractivity contribution in [2.75, 3.05) is 20.6 Å². The van der Waals surface area contributed by atoms with Gasteiger partial charge in [-0.3, -0.25) is 0 Å². The van der Waals surface area contributed by atoms with E-state index in [1.807, 2.05) is 13.1 Å². The van der Waals surface area contributed by atoms with Crippen LogP contribution in [-0.4, -0.2) is 29.1 Å². The molecule has 0 saturated carbocycles. The molecule has 0 unspecified atom stereocenters. The Kier molecular flexibility index (Phi) is 4.06. The van der Waals surface area contributed by atoms with Crippen molar-refractivity contribution in [2.45, 2.75) is 10.6 Å². The van der Waals surface area contributed by atoms with Crippen molar-refractivity contribution in [3.63, 3.8) is 0 Å². The molecule has 0 saturated heterocycles. The quantitative estimate of drug-likeness (QED) is 0.776. The number of nitrogens with one attached hydrogen (secondary N) is 2. The Morgan fingerprint density at radius 2 is 2.07 bits per heavy atom. The van der Waals surface area contributed by atoms with E-state index >= 15 is 0 Å². The summed E-state index contributed by atoms with van der Waals surface area (Å²) in [5, 5.41) is 3.02. The lowest BCUT2D eigenvalue weighted by Crippen LogP contribution is -2.17. The van der Waals surface area contributed by atoms with E-state index in [1.165, 1.54) is 18.4 Å². The van der Waals surface area contributed by atoms with E-state index in [9.17, 15) is 8.42 Å². The number of hydrogen-bond donors (Lipinski definition) is 2. The molecule has 6 heteroatoms. The first-order chi connectivity index (χ1) is 6.60. The lowest BCUT2D eigenvalue weighted by molar-refractivity contribution is 0.590. The number of thiophene rings is 1. The molecule has 2 N–H and O–H groups in total. The Labute approximate surface area is 88.4 Å². The van der Waals surface area contributed by atoms with Gasteiger partial charge in [-0.2, -0.15) is 0 Å². The molecule has 1 aromatic heterocycles. The number of hydrogen-bond acceptors (Lipinski definition) is 4. The van der Waals surface area contributed by atoms with Gasteiger partial charge in [0.2, 0.25) is 10.0 Å². The highest BCUT2D eigenvalue weighted by Crippen LogP contribution is 2.21. The van der Waals surface area contributed by atoms with E-state index in [0.29, 0.717) is 4.21 Å². The zero-order chi connectivity index (χ0) is 10.6. The van der Waals surface area contributed by atoms with Crippen LogP contribution < -0.4 is 10.0 Å². The van der Waals surface area contributed by atoms with Crippen LogP contribution in [0.3, 0.4) is 0 Å². The summed E-state index contributed by atoms with van der Waals surface area (Å²) in [6.07, 6.45) is 0.862. The minimum atomic E-state index is -3.25. The average molecular weight is 234 g/mol. The van der Waals surface area contributed by atoms with Gasteiger partial charge in [-0.15, -0.1) is 11.3 Å². The summed E-state index contributed by atoms with van der Waals surface area (Å²) in [5.74, 6) is 0. The SMILES string of the molecule is CNCCc1ccc(S(=O)(=O)NC)s1. The van der Waals surface area contributed by atoms with Gasteiger partial charge in [0.25, 0.3) is 0 Å². The van der Waals surface area contributed by atoms with Crippen molar-refractivity contribution in [2.24, 2.45) is 0 Å². The zero-order valence-electron chi connectivity index (χ0n) is 8.20. The predicted molar refractivity (Wildman–Crippen MR) is 58.2 cm³/mol. The summed E-state index contributed by atoms with van der Waals surface area (Å²) in [7, 11) is 0.0386. The third-order valence-electron chi connectivity index (χ3n) is 1.79. The van der Waals surface area contributed by atoms with Crippen LogP contribution >= 0.6 is 11.3 Å². The first kappa shape index (κ1) is 11.6. The maximum Gasteiger partial charge on any atom is 0.249 e. The number of likely N-dealkylation sites (N-methyl/N-ethyl adjacent to an activating group) is 1. The second kappa shape index (κ2) is 4.88. The molecule has 80 valence electrons. The lowest BCUT2D eigenvalue weighted by Gasteiger charge is -1.97. The fourth-order valence-corrected chi connectivity index (χ4v) is 3.18. The van der Waals surface area contributed by atoms with Crippen LogP contribution in [0.25, 0.3) is 0 Å². The van der Waals surface area contributed by atoms with E-state index in [4.69, 9.17) is 0 Å². The van der Waals surface area contributed by atoms with Crippen LogP contribution in [0, 0.1) is 0 Å². The van der Waals surface area contributed by atoms with Crippen LogP contribution in [-0.2, 0) is 16.4 Å². The van der Waals surface area contributed by atoms with Crippen LogP contribution in [0.4, 0.5) is 0 Å². The summed E-state index contributed by atoms with van der Waals surface area (Å²) in [5.41, 5.74) is 0. The van der Waals surface area contributed by atoms with Crippen LogP contribution in [0.1, 0.15) is 4.88 Å². The molecule has 4 nitrogen and oxygen atoms in total. The van der Waals surface area contributed by atoms with Crippen molar-refractivity contribution in [1.29, 1.82) is 0 Å². The molecule has 0 spiro atoms. The molecule has 0 amide bonds. The van der Waals surface area contributed by atoms with Gasteiger partial charge in [0.15, 0.2) is 0 Å². The minimum Gasteiger partial charge on any atom is -0.319 e. The molecule has 14 heavy (non-hydrogen) atoms. The zero-order valence-corrected chi connectivity index (χ0v) is 9.83. The first-order valence-electron chi connectivity index (χ1n) is 4.27. The van der Waals surface area contributed by atoms with E-state index < -0.39 is 10.0 Å². The molecule has 1 rings (SSSR count). The minimum absolute atomic E-state index is 0.381. The molecule has 0 fully saturated rings. The Morgan fingerprint density at radius 3 is 2.64 bits per heavy atom. The van der Waals surface area contributed by atoms with Gasteiger partial charge in [0.05, 0.1) is 0 Å². The molecule has 0 aromatic carbocycles. The molecule has 0 aliphatic carbocycles. The summed E-state index contributed by atoms with van der Waals surface area (Å²) >= 11 is 1.31. The smallest absolute Gasteiger partial charge is 0.249 e. The van der Waals surface area contributed by atoms with E-state index in [1.54, 1.807) is 6.07 Å². The second-order valence-corrected chi connectivity index (χ2v) is 6.06. The Morgan fingerprint density at radius 1 is 1.36 bits per heavy atom. The van der Waals surface area contributed by atoms with Gasteiger partial charge in [-0.05, 0) is 39.2 Å². The van der Waals surface area contributed by atoms with E-state index in [0.717, 1.165) is 17.8 Å². The maximum absolute atomic E-state index is 11.4. The highest BCUT2D eigenvalue weighted by Gasteiger charge is 2.13. The molecule has 0 aliphatic rings. The molecule has 0 bridgehead atoms. The average Bonchev–Trinajstić information content (AvgIpc) is 2.63. The monoisotopic (exact) mass is 234 g/mol. The third-order valence-corrected chi connectivity index (χ3v) is 4.84. The fourth-order valence-electron chi connectivity index (χ4n) is 0.986. The summed E-state index contributed by atoms with van der Waals surface area (Å²) in [6.45, 7) is 0.861. The van der Waals surface area contributed by atoms with Crippen molar-refractivity contribution < 1.29 is 8.42 Å². The molecular weight excluding hydrogens is 220 g/mol. The summed E-state index contributed by atoms with van der Waals surface area (Å²) < 4.78 is 25.4. The molecule has 1 heterocycles. The standard InChI is InChI=1S/C8H14N2O2S2/c1-9-6-5-7-3-4-8(13-7)14(11,12)10-2/h3-4,9-10H,5-6H2,1-2H3. The predicted octanol–water partition coefficient (Wildman–Crippen LogP) is 0.418. The maximum atomic E-state index is 11.4. The van der Waals surface area contributed by atoms with Crippen molar-refractivity contribution >= 4 is 21.4 Å². The van der Waals surface area contributed by atoms with Gasteiger partial charge >= 0.3 is 0 Å². The Hall–Kier alpha value is -0.430. The van der Waals surface area contributed by atoms with Crippen LogP contribution in [0.2, 0.25) is 0 Å². The van der Waals surface area contributed by atoms with Crippen molar-refractivity contribution in [3.8, 4) is 0 Å². The molecule has 0 radical (unpaired) electrons. The lowest BCUT2D eigenvalue weighted by atomic mass is 10.3. The van der Waals surface area contributed by atoms with Crippen molar-refractivity contribution in [1.82, 2.24) is 10.0 Å². The largest absolute Gasteiger partial charge is 0.319 e. The highest BCUT2D eigenvalue weighted by atomic mass is 32.2. The molecular formula is C8H14N2O2S2. The normalized spacial score (nSPS) is 11.9. The van der Waals surface area contributed by atoms with Gasteiger partial charge in [0.1, 0.15) is 4.21 Å². The van der Waals surface area contributed by atoms with Crippen LogP contribution in [0.5, 0.6) is 0 Å². The van der Waals surface area contributed by atoms with Crippen molar-refractivity contribution in [3.05, 3.63) is 17.0 Å². The Bertz CT molecular complexity index is 384. The highest BCUT2D eigenvalue weighted by molar-refractivity contribution is 7.91. The first-order valence-corrected chi connectivity index (χ1v) is 6.57.